The topological polar surface area (TPSA) is 24.9 Å². The van der Waals surface area contributed by atoms with Crippen LogP contribution in [-0.4, -0.2) is 4.98 Å². The largest absolute Gasteiger partial charge is 0.340 e. The lowest BCUT2D eigenvalue weighted by atomic mass is 10.2. The summed E-state index contributed by atoms with van der Waals surface area (Å²) in [6.07, 6.45) is 1.81. The van der Waals surface area contributed by atoms with Crippen molar-refractivity contribution in [1.82, 2.24) is 4.98 Å². The molecule has 0 aliphatic heterocycles. The first-order chi connectivity index (χ1) is 7.66. The van der Waals surface area contributed by atoms with Gasteiger partial charge in [0.1, 0.15) is 5.82 Å². The van der Waals surface area contributed by atoms with Crippen molar-refractivity contribution >= 4 is 27.4 Å². The summed E-state index contributed by atoms with van der Waals surface area (Å²) in [7, 11) is 0. The third kappa shape index (κ3) is 2.42. The van der Waals surface area contributed by atoms with Gasteiger partial charge in [0.15, 0.2) is 0 Å². The van der Waals surface area contributed by atoms with E-state index in [2.05, 4.69) is 40.1 Å². The van der Waals surface area contributed by atoms with Crippen LogP contribution in [-0.2, 0) is 0 Å². The van der Waals surface area contributed by atoms with Gasteiger partial charge in [-0.15, -0.1) is 0 Å². The van der Waals surface area contributed by atoms with Crippen molar-refractivity contribution < 1.29 is 0 Å². The first kappa shape index (κ1) is 11.1. The zero-order valence-electron chi connectivity index (χ0n) is 9.29. The Morgan fingerprint density at radius 2 is 2.00 bits per heavy atom. The van der Waals surface area contributed by atoms with Crippen LogP contribution in [0.2, 0.25) is 0 Å². The van der Waals surface area contributed by atoms with Crippen molar-refractivity contribution in [3.8, 4) is 0 Å². The van der Waals surface area contributed by atoms with Crippen molar-refractivity contribution in [2.24, 2.45) is 0 Å². The molecule has 1 aromatic carbocycles. The Hall–Kier alpha value is -1.35. The van der Waals surface area contributed by atoms with Gasteiger partial charge in [-0.1, -0.05) is 22.0 Å². The number of nitrogens with zero attached hydrogens (tertiary/aromatic N) is 1. The van der Waals surface area contributed by atoms with E-state index in [1.807, 2.05) is 36.5 Å². The Kier molecular flexibility index (Phi) is 3.25. The van der Waals surface area contributed by atoms with Crippen molar-refractivity contribution in [3.63, 3.8) is 0 Å². The normalized spacial score (nSPS) is 10.2. The van der Waals surface area contributed by atoms with Gasteiger partial charge >= 0.3 is 0 Å². The fourth-order valence-corrected chi connectivity index (χ4v) is 1.85. The van der Waals surface area contributed by atoms with Crippen LogP contribution in [0.25, 0.3) is 0 Å². The zero-order chi connectivity index (χ0) is 11.5. The minimum absolute atomic E-state index is 0.876. The Morgan fingerprint density at radius 1 is 1.19 bits per heavy atom. The molecule has 0 aliphatic carbocycles. The first-order valence-corrected chi connectivity index (χ1v) is 5.91. The number of rotatable bonds is 2. The number of hydrogen-bond acceptors (Lipinski definition) is 2. The van der Waals surface area contributed by atoms with Crippen LogP contribution >= 0.6 is 15.9 Å². The van der Waals surface area contributed by atoms with Gasteiger partial charge in [0.2, 0.25) is 0 Å². The van der Waals surface area contributed by atoms with Gasteiger partial charge in [-0.2, -0.15) is 0 Å². The molecule has 82 valence electrons. The molecular weight excluding hydrogens is 264 g/mol. The van der Waals surface area contributed by atoms with Crippen molar-refractivity contribution in [2.45, 2.75) is 13.8 Å². The van der Waals surface area contributed by atoms with E-state index in [0.29, 0.717) is 0 Å². The van der Waals surface area contributed by atoms with Crippen LogP contribution in [0.3, 0.4) is 0 Å². The maximum atomic E-state index is 4.28. The van der Waals surface area contributed by atoms with Gasteiger partial charge in [0, 0.05) is 16.4 Å². The number of nitrogens with one attached hydrogen (secondary N) is 1. The number of aryl methyl sites for hydroxylation is 1. The van der Waals surface area contributed by atoms with Crippen LogP contribution in [0.1, 0.15) is 11.1 Å². The van der Waals surface area contributed by atoms with Gasteiger partial charge < -0.3 is 5.32 Å². The highest BCUT2D eigenvalue weighted by molar-refractivity contribution is 9.10. The SMILES string of the molecule is Cc1ccnc(Nc2cccc(Br)c2C)c1. The highest BCUT2D eigenvalue weighted by atomic mass is 79.9. The maximum Gasteiger partial charge on any atom is 0.130 e. The summed E-state index contributed by atoms with van der Waals surface area (Å²) in [4.78, 5) is 4.28. The van der Waals surface area contributed by atoms with E-state index in [0.717, 1.165) is 16.0 Å². The van der Waals surface area contributed by atoms with Crippen LogP contribution in [0, 0.1) is 13.8 Å². The van der Waals surface area contributed by atoms with Gasteiger partial charge in [-0.25, -0.2) is 4.98 Å². The Labute approximate surface area is 104 Å². The maximum absolute atomic E-state index is 4.28. The van der Waals surface area contributed by atoms with Crippen molar-refractivity contribution in [3.05, 3.63) is 52.1 Å². The van der Waals surface area contributed by atoms with Gasteiger partial charge in [0.25, 0.3) is 0 Å². The number of aromatic nitrogens is 1. The van der Waals surface area contributed by atoms with E-state index in [9.17, 15) is 0 Å². The van der Waals surface area contributed by atoms with E-state index in [1.165, 1.54) is 11.1 Å². The third-order valence-corrected chi connectivity index (χ3v) is 3.30. The molecule has 16 heavy (non-hydrogen) atoms. The van der Waals surface area contributed by atoms with Gasteiger partial charge in [-0.05, 0) is 49.2 Å². The predicted octanol–water partition coefficient (Wildman–Crippen LogP) is 4.20. The van der Waals surface area contributed by atoms with Crippen molar-refractivity contribution in [1.29, 1.82) is 0 Å². The fraction of sp³-hybridized carbons (Fsp3) is 0.154. The second kappa shape index (κ2) is 4.66. The average molecular weight is 277 g/mol. The number of pyridine rings is 1. The second-order valence-corrected chi connectivity index (χ2v) is 4.61. The van der Waals surface area contributed by atoms with E-state index in [4.69, 9.17) is 0 Å². The van der Waals surface area contributed by atoms with Crippen LogP contribution in [0.4, 0.5) is 11.5 Å². The fourth-order valence-electron chi connectivity index (χ4n) is 1.49. The van der Waals surface area contributed by atoms with E-state index in [1.54, 1.807) is 0 Å². The van der Waals surface area contributed by atoms with Crippen molar-refractivity contribution in [2.75, 3.05) is 5.32 Å². The van der Waals surface area contributed by atoms with Gasteiger partial charge in [0.05, 0.1) is 0 Å². The molecule has 2 rings (SSSR count). The van der Waals surface area contributed by atoms with E-state index in [-0.39, 0.29) is 0 Å². The molecule has 0 bridgehead atoms. The molecule has 0 aliphatic rings. The van der Waals surface area contributed by atoms with Crippen LogP contribution in [0.15, 0.2) is 41.0 Å². The summed E-state index contributed by atoms with van der Waals surface area (Å²) < 4.78 is 1.10. The predicted molar refractivity (Wildman–Crippen MR) is 71.1 cm³/mol. The lowest BCUT2D eigenvalue weighted by molar-refractivity contribution is 1.26. The minimum atomic E-state index is 0.876. The number of benzene rings is 1. The molecule has 0 fully saturated rings. The molecule has 1 heterocycles. The lowest BCUT2D eigenvalue weighted by Crippen LogP contribution is -1.96. The van der Waals surface area contributed by atoms with E-state index < -0.39 is 0 Å². The molecule has 1 aromatic heterocycles. The summed E-state index contributed by atoms with van der Waals surface area (Å²) in [6.45, 7) is 4.13. The Balaban J connectivity index is 2.31. The minimum Gasteiger partial charge on any atom is -0.340 e. The third-order valence-electron chi connectivity index (χ3n) is 2.45. The standard InChI is InChI=1S/C13H13BrN2/c1-9-6-7-15-13(8-9)16-12-5-3-4-11(14)10(12)2/h3-8H,1-2H3,(H,15,16). The molecule has 0 unspecified atom stereocenters. The molecule has 3 heteroatoms. The molecule has 0 spiro atoms. The molecule has 0 amide bonds. The number of hydrogen-bond donors (Lipinski definition) is 1. The van der Waals surface area contributed by atoms with Gasteiger partial charge in [-0.3, -0.25) is 0 Å². The molecule has 0 saturated heterocycles. The summed E-state index contributed by atoms with van der Waals surface area (Å²) in [6, 6.07) is 10.1. The quantitative estimate of drug-likeness (QED) is 0.889. The molecule has 0 saturated carbocycles. The molecule has 2 nitrogen and oxygen atoms in total. The monoisotopic (exact) mass is 276 g/mol. The molecule has 0 radical (unpaired) electrons. The smallest absolute Gasteiger partial charge is 0.130 e. The summed E-state index contributed by atoms with van der Waals surface area (Å²) in [5, 5.41) is 3.31. The highest BCUT2D eigenvalue weighted by Gasteiger charge is 2.02. The molecular formula is C13H13BrN2. The van der Waals surface area contributed by atoms with Crippen LogP contribution < -0.4 is 5.32 Å². The molecule has 2 aromatic rings. The Morgan fingerprint density at radius 3 is 2.75 bits per heavy atom. The number of anilines is 2. The summed E-state index contributed by atoms with van der Waals surface area (Å²) in [5.41, 5.74) is 3.46. The first-order valence-electron chi connectivity index (χ1n) is 5.11. The zero-order valence-corrected chi connectivity index (χ0v) is 10.9. The Bertz CT molecular complexity index is 509. The van der Waals surface area contributed by atoms with E-state index >= 15 is 0 Å². The summed E-state index contributed by atoms with van der Waals surface area (Å²) >= 11 is 3.51. The molecule has 0 atom stereocenters. The second-order valence-electron chi connectivity index (χ2n) is 3.76. The van der Waals surface area contributed by atoms with Crippen LogP contribution in [0.5, 0.6) is 0 Å². The molecule has 1 N–H and O–H groups in total. The lowest BCUT2D eigenvalue weighted by Gasteiger charge is -2.10. The number of halogens is 1. The average Bonchev–Trinajstić information content (AvgIpc) is 2.25. The summed E-state index contributed by atoms with van der Waals surface area (Å²) in [5.74, 6) is 0.876. The highest BCUT2D eigenvalue weighted by Crippen LogP contribution is 2.25.